The van der Waals surface area contributed by atoms with Crippen molar-refractivity contribution in [3.05, 3.63) is 65.9 Å². The van der Waals surface area contributed by atoms with Crippen molar-refractivity contribution in [2.24, 2.45) is 0 Å². The molecule has 1 aromatic heterocycles. The van der Waals surface area contributed by atoms with Crippen molar-refractivity contribution in [2.45, 2.75) is 25.7 Å². The van der Waals surface area contributed by atoms with E-state index in [1.54, 1.807) is 0 Å². The van der Waals surface area contributed by atoms with Gasteiger partial charge in [0.25, 0.3) is 0 Å². The van der Waals surface area contributed by atoms with E-state index in [9.17, 15) is 0 Å². The Bertz CT molecular complexity index is 1070. The Morgan fingerprint density at radius 1 is 0.739 bits per heavy atom. The average molecular weight is 298 g/mol. The summed E-state index contributed by atoms with van der Waals surface area (Å²) >= 11 is 0. The molecule has 5 rings (SSSR count). The molecule has 0 fully saturated rings. The largest absolute Gasteiger partial charge is 0.460 e. The number of hydrogen-bond donors (Lipinski definition) is 0. The highest BCUT2D eigenvalue weighted by atomic mass is 16.3. The SMILES string of the molecule is C1=C\c2c(oc3c4ccccc4c4ccccc4c23)CCCC/1. The Balaban J connectivity index is 2.05. The lowest BCUT2D eigenvalue weighted by atomic mass is 9.95. The quantitative estimate of drug-likeness (QED) is 0.339. The fourth-order valence-corrected chi connectivity index (χ4v) is 3.91. The van der Waals surface area contributed by atoms with E-state index < -0.39 is 0 Å². The van der Waals surface area contributed by atoms with Crippen LogP contribution in [0.15, 0.2) is 59.0 Å². The van der Waals surface area contributed by atoms with Crippen molar-refractivity contribution in [1.82, 2.24) is 0 Å². The molecule has 1 aliphatic carbocycles. The van der Waals surface area contributed by atoms with E-state index in [0.717, 1.165) is 24.2 Å². The monoisotopic (exact) mass is 298 g/mol. The molecule has 3 aromatic carbocycles. The zero-order valence-electron chi connectivity index (χ0n) is 13.0. The molecule has 0 amide bonds. The number of allylic oxidation sites excluding steroid dienone is 1. The van der Waals surface area contributed by atoms with Gasteiger partial charge in [-0.05, 0) is 35.4 Å². The van der Waals surface area contributed by atoms with Crippen LogP contribution in [0, 0.1) is 0 Å². The van der Waals surface area contributed by atoms with Crippen LogP contribution in [-0.2, 0) is 6.42 Å². The van der Waals surface area contributed by atoms with Gasteiger partial charge in [0.1, 0.15) is 11.3 Å². The molecular formula is C22H18O. The summed E-state index contributed by atoms with van der Waals surface area (Å²) in [5.41, 5.74) is 2.34. The van der Waals surface area contributed by atoms with Crippen molar-refractivity contribution in [3.8, 4) is 0 Å². The highest BCUT2D eigenvalue weighted by molar-refractivity contribution is 6.25. The maximum absolute atomic E-state index is 6.40. The van der Waals surface area contributed by atoms with E-state index in [1.165, 1.54) is 45.3 Å². The van der Waals surface area contributed by atoms with Gasteiger partial charge in [0.05, 0.1) is 0 Å². The molecule has 0 spiro atoms. The van der Waals surface area contributed by atoms with Gasteiger partial charge in [-0.1, -0.05) is 60.7 Å². The highest BCUT2D eigenvalue weighted by Crippen LogP contribution is 2.40. The van der Waals surface area contributed by atoms with Crippen LogP contribution >= 0.6 is 0 Å². The summed E-state index contributed by atoms with van der Waals surface area (Å²) < 4.78 is 6.40. The van der Waals surface area contributed by atoms with Crippen LogP contribution < -0.4 is 0 Å². The van der Waals surface area contributed by atoms with Crippen molar-refractivity contribution in [2.75, 3.05) is 0 Å². The molecule has 1 nitrogen and oxygen atoms in total. The summed E-state index contributed by atoms with van der Waals surface area (Å²) in [4.78, 5) is 0. The van der Waals surface area contributed by atoms with Gasteiger partial charge in [0.2, 0.25) is 0 Å². The zero-order valence-corrected chi connectivity index (χ0v) is 13.0. The number of hydrogen-bond acceptors (Lipinski definition) is 1. The van der Waals surface area contributed by atoms with Crippen molar-refractivity contribution < 1.29 is 4.42 Å². The summed E-state index contributed by atoms with van der Waals surface area (Å²) in [5, 5.41) is 6.40. The van der Waals surface area contributed by atoms with Crippen molar-refractivity contribution in [3.63, 3.8) is 0 Å². The Morgan fingerprint density at radius 2 is 1.43 bits per heavy atom. The molecule has 112 valence electrons. The molecule has 4 aromatic rings. The van der Waals surface area contributed by atoms with E-state index in [2.05, 4.69) is 60.7 Å². The van der Waals surface area contributed by atoms with Crippen LogP contribution in [0.1, 0.15) is 30.6 Å². The number of rotatable bonds is 0. The normalized spacial score (nSPS) is 16.3. The molecule has 0 N–H and O–H groups in total. The van der Waals surface area contributed by atoms with Gasteiger partial charge >= 0.3 is 0 Å². The first-order chi connectivity index (χ1) is 11.4. The molecule has 23 heavy (non-hydrogen) atoms. The van der Waals surface area contributed by atoms with Crippen LogP contribution in [0.3, 0.4) is 0 Å². The smallest absolute Gasteiger partial charge is 0.143 e. The van der Waals surface area contributed by atoms with E-state index >= 15 is 0 Å². The number of aryl methyl sites for hydroxylation is 1. The molecular weight excluding hydrogens is 280 g/mol. The van der Waals surface area contributed by atoms with Crippen LogP contribution in [0.4, 0.5) is 0 Å². The summed E-state index contributed by atoms with van der Waals surface area (Å²) in [6.07, 6.45) is 9.23. The minimum atomic E-state index is 1.04. The zero-order chi connectivity index (χ0) is 15.2. The molecule has 0 bridgehead atoms. The molecule has 0 aliphatic heterocycles. The maximum atomic E-state index is 6.40. The second kappa shape index (κ2) is 4.99. The van der Waals surface area contributed by atoms with Gasteiger partial charge in [-0.3, -0.25) is 0 Å². The third-order valence-electron chi connectivity index (χ3n) is 4.99. The van der Waals surface area contributed by atoms with Crippen molar-refractivity contribution in [1.29, 1.82) is 0 Å². The summed E-state index contributed by atoms with van der Waals surface area (Å²) in [7, 11) is 0. The predicted molar refractivity (Wildman–Crippen MR) is 97.8 cm³/mol. The summed E-state index contributed by atoms with van der Waals surface area (Å²) in [6.45, 7) is 0. The molecule has 1 aliphatic rings. The highest BCUT2D eigenvalue weighted by Gasteiger charge is 2.18. The van der Waals surface area contributed by atoms with Gasteiger partial charge in [0.15, 0.2) is 0 Å². The fourth-order valence-electron chi connectivity index (χ4n) is 3.91. The van der Waals surface area contributed by atoms with Crippen LogP contribution in [-0.4, -0.2) is 0 Å². The lowest BCUT2D eigenvalue weighted by Gasteiger charge is -2.06. The number of benzene rings is 3. The molecule has 0 saturated carbocycles. The molecule has 1 heteroatoms. The lowest BCUT2D eigenvalue weighted by molar-refractivity contribution is 0.533. The standard InChI is InChI=1S/C22H18O/c1-2-4-14-20-19(13-3-1)21-17-11-7-5-9-15(17)16-10-6-8-12-18(16)22(21)23-20/h3,5-13H,1-2,4,14H2/b13-3-. The second-order valence-corrected chi connectivity index (χ2v) is 6.38. The predicted octanol–water partition coefficient (Wildman–Crippen LogP) is 6.48. The van der Waals surface area contributed by atoms with E-state index in [0.29, 0.717) is 0 Å². The molecule has 1 heterocycles. The summed E-state index contributed by atoms with van der Waals surface area (Å²) in [6, 6.07) is 17.3. The van der Waals surface area contributed by atoms with Gasteiger partial charge in [-0.25, -0.2) is 0 Å². The van der Waals surface area contributed by atoms with Crippen LogP contribution in [0.2, 0.25) is 0 Å². The first-order valence-electron chi connectivity index (χ1n) is 8.45. The topological polar surface area (TPSA) is 13.1 Å². The van der Waals surface area contributed by atoms with E-state index in [4.69, 9.17) is 4.42 Å². The van der Waals surface area contributed by atoms with Crippen molar-refractivity contribution >= 4 is 38.6 Å². The Kier molecular flexibility index (Phi) is 2.81. The molecule has 0 atom stereocenters. The number of fused-ring (bicyclic) bond motifs is 8. The van der Waals surface area contributed by atoms with Gasteiger partial charge in [-0.2, -0.15) is 0 Å². The van der Waals surface area contributed by atoms with E-state index in [-0.39, 0.29) is 0 Å². The first kappa shape index (κ1) is 13.0. The summed E-state index contributed by atoms with van der Waals surface area (Å²) in [5.74, 6) is 1.15. The minimum absolute atomic E-state index is 1.04. The first-order valence-corrected chi connectivity index (χ1v) is 8.45. The molecule has 0 saturated heterocycles. The fraction of sp³-hybridized carbons (Fsp3) is 0.182. The maximum Gasteiger partial charge on any atom is 0.143 e. The Hall–Kier alpha value is -2.54. The molecule has 0 unspecified atom stereocenters. The van der Waals surface area contributed by atoms with Gasteiger partial charge < -0.3 is 4.42 Å². The Morgan fingerprint density at radius 3 is 2.26 bits per heavy atom. The lowest BCUT2D eigenvalue weighted by Crippen LogP contribution is -1.89. The van der Waals surface area contributed by atoms with Crippen LogP contribution in [0.5, 0.6) is 0 Å². The second-order valence-electron chi connectivity index (χ2n) is 6.38. The minimum Gasteiger partial charge on any atom is -0.460 e. The van der Waals surface area contributed by atoms with Gasteiger partial charge in [-0.15, -0.1) is 0 Å². The van der Waals surface area contributed by atoms with E-state index in [1.807, 2.05) is 0 Å². The third-order valence-corrected chi connectivity index (χ3v) is 4.99. The average Bonchev–Trinajstić information content (AvgIpc) is 2.93. The Labute approximate surface area is 135 Å². The van der Waals surface area contributed by atoms with Gasteiger partial charge in [0, 0.05) is 22.8 Å². The third kappa shape index (κ3) is 1.86. The van der Waals surface area contributed by atoms with Crippen LogP contribution in [0.25, 0.3) is 38.6 Å². The molecule has 0 radical (unpaired) electrons. The number of furan rings is 1.